The molecular weight excluding hydrogens is 350 g/mol. The van der Waals surface area contributed by atoms with Crippen LogP contribution in [0.2, 0.25) is 0 Å². The Hall–Kier alpha value is -2.47. The maximum absolute atomic E-state index is 12.7. The van der Waals surface area contributed by atoms with Crippen LogP contribution in [0.25, 0.3) is 0 Å². The Bertz CT molecular complexity index is 747. The normalized spacial score (nSPS) is 16.5. The highest BCUT2D eigenvalue weighted by molar-refractivity contribution is 5.90. The van der Waals surface area contributed by atoms with E-state index in [0.29, 0.717) is 30.0 Å². The van der Waals surface area contributed by atoms with Gasteiger partial charge in [0.15, 0.2) is 0 Å². The molecule has 1 unspecified atom stereocenters. The topological polar surface area (TPSA) is 50.4 Å². The van der Waals surface area contributed by atoms with E-state index in [4.69, 9.17) is 0 Å². The summed E-state index contributed by atoms with van der Waals surface area (Å²) in [4.78, 5) is 12.2. The van der Waals surface area contributed by atoms with E-state index in [1.54, 1.807) is 12.1 Å². The van der Waals surface area contributed by atoms with Gasteiger partial charge in [0, 0.05) is 24.1 Å². The molecule has 144 valence electrons. The highest BCUT2D eigenvalue weighted by Crippen LogP contribution is 2.27. The van der Waals surface area contributed by atoms with E-state index >= 15 is 0 Å². The van der Waals surface area contributed by atoms with Gasteiger partial charge in [-0.05, 0) is 55.6 Å². The van der Waals surface area contributed by atoms with Gasteiger partial charge in [-0.3, -0.25) is 4.79 Å². The van der Waals surface area contributed by atoms with Crippen molar-refractivity contribution >= 4 is 11.6 Å². The van der Waals surface area contributed by atoms with Crippen LogP contribution in [0.15, 0.2) is 48.5 Å². The fourth-order valence-electron chi connectivity index (χ4n) is 3.34. The highest BCUT2D eigenvalue weighted by atomic mass is 19.3. The summed E-state index contributed by atoms with van der Waals surface area (Å²) in [5.41, 5.74) is 2.19. The van der Waals surface area contributed by atoms with Crippen molar-refractivity contribution in [2.75, 3.05) is 18.4 Å². The Labute approximate surface area is 157 Å². The van der Waals surface area contributed by atoms with Gasteiger partial charge in [0.25, 0.3) is 0 Å². The van der Waals surface area contributed by atoms with Crippen molar-refractivity contribution in [3.8, 4) is 5.75 Å². The molecule has 1 saturated heterocycles. The SMILES string of the molecule is O=C(CCC1CCNC1)Nc1ccc(OC(F)F)c(Cc2ccccc2)c1. The maximum atomic E-state index is 12.7. The average Bonchev–Trinajstić information content (AvgIpc) is 3.16. The minimum atomic E-state index is -2.89. The molecule has 2 N–H and O–H groups in total. The molecule has 1 aliphatic heterocycles. The zero-order valence-corrected chi connectivity index (χ0v) is 15.1. The third kappa shape index (κ3) is 6.03. The van der Waals surface area contributed by atoms with Crippen molar-refractivity contribution in [3.63, 3.8) is 0 Å². The summed E-state index contributed by atoms with van der Waals surface area (Å²) in [6.45, 7) is -0.908. The largest absolute Gasteiger partial charge is 0.435 e. The Morgan fingerprint density at radius 3 is 2.74 bits per heavy atom. The van der Waals surface area contributed by atoms with Gasteiger partial charge in [0.1, 0.15) is 5.75 Å². The van der Waals surface area contributed by atoms with E-state index in [2.05, 4.69) is 15.4 Å². The van der Waals surface area contributed by atoms with Crippen LogP contribution in [0.5, 0.6) is 5.75 Å². The number of ether oxygens (including phenoxy) is 1. The van der Waals surface area contributed by atoms with Gasteiger partial charge in [-0.25, -0.2) is 0 Å². The molecule has 0 radical (unpaired) electrons. The number of anilines is 1. The van der Waals surface area contributed by atoms with Gasteiger partial charge in [-0.15, -0.1) is 0 Å². The first-order valence-corrected chi connectivity index (χ1v) is 9.22. The third-order valence-corrected chi connectivity index (χ3v) is 4.74. The van der Waals surface area contributed by atoms with Crippen LogP contribution in [0.3, 0.4) is 0 Å². The Morgan fingerprint density at radius 1 is 1.22 bits per heavy atom. The molecule has 0 bridgehead atoms. The molecule has 1 aliphatic rings. The Balaban J connectivity index is 1.67. The van der Waals surface area contributed by atoms with E-state index < -0.39 is 6.61 Å². The van der Waals surface area contributed by atoms with Gasteiger partial charge in [-0.1, -0.05) is 30.3 Å². The lowest BCUT2D eigenvalue weighted by atomic mass is 10.0. The van der Waals surface area contributed by atoms with E-state index in [0.717, 1.165) is 31.5 Å². The van der Waals surface area contributed by atoms with Crippen LogP contribution in [0.1, 0.15) is 30.4 Å². The highest BCUT2D eigenvalue weighted by Gasteiger charge is 2.16. The van der Waals surface area contributed by atoms with Crippen LogP contribution in [0, 0.1) is 5.92 Å². The number of amides is 1. The number of alkyl halides is 2. The second-order valence-electron chi connectivity index (χ2n) is 6.81. The summed E-state index contributed by atoms with van der Waals surface area (Å²) in [5.74, 6) is 0.616. The zero-order valence-electron chi connectivity index (χ0n) is 15.1. The van der Waals surface area contributed by atoms with E-state index in [9.17, 15) is 13.6 Å². The summed E-state index contributed by atoms with van der Waals surface area (Å²) >= 11 is 0. The van der Waals surface area contributed by atoms with Gasteiger partial charge >= 0.3 is 6.61 Å². The molecule has 1 amide bonds. The molecule has 1 fully saturated rings. The van der Waals surface area contributed by atoms with E-state index in [-0.39, 0.29) is 11.7 Å². The fraction of sp³-hybridized carbons (Fsp3) is 0.381. The van der Waals surface area contributed by atoms with Gasteiger partial charge in [0.05, 0.1) is 0 Å². The van der Waals surface area contributed by atoms with Crippen molar-refractivity contribution < 1.29 is 18.3 Å². The molecule has 27 heavy (non-hydrogen) atoms. The molecule has 2 aromatic carbocycles. The number of carbonyl (C=O) groups excluding carboxylic acids is 1. The molecule has 0 aromatic heterocycles. The monoisotopic (exact) mass is 374 g/mol. The van der Waals surface area contributed by atoms with Crippen LogP contribution >= 0.6 is 0 Å². The zero-order chi connectivity index (χ0) is 19.1. The summed E-state index contributed by atoms with van der Waals surface area (Å²) in [7, 11) is 0. The molecule has 2 aromatic rings. The minimum Gasteiger partial charge on any atom is -0.435 e. The first-order valence-electron chi connectivity index (χ1n) is 9.22. The van der Waals surface area contributed by atoms with Crippen LogP contribution in [0.4, 0.5) is 14.5 Å². The van der Waals surface area contributed by atoms with Crippen molar-refractivity contribution in [2.24, 2.45) is 5.92 Å². The van der Waals surface area contributed by atoms with E-state index in [1.807, 2.05) is 30.3 Å². The number of rotatable bonds is 8. The summed E-state index contributed by atoms with van der Waals surface area (Å²) in [6.07, 6.45) is 2.85. The standard InChI is InChI=1S/C21H24F2N2O2/c22-21(23)27-19-8-7-18(13-17(19)12-15-4-2-1-3-5-15)25-20(26)9-6-16-10-11-24-14-16/h1-5,7-8,13,16,21,24H,6,9-12,14H2,(H,25,26). The Kier molecular flexibility index (Phi) is 6.76. The number of benzene rings is 2. The molecule has 0 spiro atoms. The number of carbonyl (C=O) groups is 1. The number of nitrogens with one attached hydrogen (secondary N) is 2. The summed E-state index contributed by atoms with van der Waals surface area (Å²) in [6, 6.07) is 14.3. The van der Waals surface area contributed by atoms with Crippen LogP contribution in [-0.4, -0.2) is 25.6 Å². The lowest BCUT2D eigenvalue weighted by Crippen LogP contribution is -2.15. The van der Waals surface area contributed by atoms with Gasteiger partial charge < -0.3 is 15.4 Å². The molecule has 4 nitrogen and oxygen atoms in total. The number of hydrogen-bond donors (Lipinski definition) is 2. The smallest absolute Gasteiger partial charge is 0.387 e. The summed E-state index contributed by atoms with van der Waals surface area (Å²) < 4.78 is 30.0. The van der Waals surface area contributed by atoms with Crippen LogP contribution < -0.4 is 15.4 Å². The Morgan fingerprint density at radius 2 is 2.04 bits per heavy atom. The molecule has 3 rings (SSSR count). The molecule has 1 heterocycles. The molecule has 1 atom stereocenters. The van der Waals surface area contributed by atoms with Crippen molar-refractivity contribution in [3.05, 3.63) is 59.7 Å². The van der Waals surface area contributed by atoms with Crippen LogP contribution in [-0.2, 0) is 11.2 Å². The number of halogens is 2. The maximum Gasteiger partial charge on any atom is 0.387 e. The first-order chi connectivity index (χ1) is 13.1. The fourth-order valence-corrected chi connectivity index (χ4v) is 3.34. The second-order valence-corrected chi connectivity index (χ2v) is 6.81. The molecular formula is C21H24F2N2O2. The number of hydrogen-bond acceptors (Lipinski definition) is 3. The van der Waals surface area contributed by atoms with Gasteiger partial charge in [0.2, 0.25) is 5.91 Å². The minimum absolute atomic E-state index is 0.0601. The predicted octanol–water partition coefficient (Wildman–Crippen LogP) is 4.21. The lowest BCUT2D eigenvalue weighted by Gasteiger charge is -2.14. The summed E-state index contributed by atoms with van der Waals surface area (Å²) in [5, 5.41) is 6.16. The third-order valence-electron chi connectivity index (χ3n) is 4.74. The van der Waals surface area contributed by atoms with E-state index in [1.165, 1.54) is 6.07 Å². The lowest BCUT2D eigenvalue weighted by molar-refractivity contribution is -0.116. The second kappa shape index (κ2) is 9.46. The average molecular weight is 374 g/mol. The molecule has 6 heteroatoms. The quantitative estimate of drug-likeness (QED) is 0.728. The van der Waals surface area contributed by atoms with Crippen molar-refractivity contribution in [1.82, 2.24) is 5.32 Å². The predicted molar refractivity (Wildman–Crippen MR) is 101 cm³/mol. The van der Waals surface area contributed by atoms with Crippen molar-refractivity contribution in [2.45, 2.75) is 32.3 Å². The van der Waals surface area contributed by atoms with Gasteiger partial charge in [-0.2, -0.15) is 8.78 Å². The molecule has 0 aliphatic carbocycles. The molecule has 0 saturated carbocycles. The van der Waals surface area contributed by atoms with Crippen molar-refractivity contribution in [1.29, 1.82) is 0 Å². The first kappa shape index (κ1) is 19.3.